The molecule has 0 aliphatic heterocycles. The minimum atomic E-state index is -0.943. The number of halogens is 1. The number of aromatic nitrogens is 4. The van der Waals surface area contributed by atoms with Gasteiger partial charge in [0.2, 0.25) is 5.28 Å². The first kappa shape index (κ1) is 15.0. The van der Waals surface area contributed by atoms with Gasteiger partial charge >= 0.3 is 6.09 Å². The Morgan fingerprint density at radius 3 is 2.77 bits per heavy atom. The molecule has 2 N–H and O–H groups in total. The normalized spacial score (nSPS) is 21.9. The highest BCUT2D eigenvalue weighted by atomic mass is 35.5. The summed E-state index contributed by atoms with van der Waals surface area (Å²) in [6.45, 7) is 1.37. The van der Waals surface area contributed by atoms with Crippen molar-refractivity contribution >= 4 is 28.7 Å². The van der Waals surface area contributed by atoms with Crippen LogP contribution in [0, 0.1) is 11.8 Å². The van der Waals surface area contributed by atoms with Crippen LogP contribution in [-0.4, -0.2) is 37.5 Å². The second-order valence-electron chi connectivity index (χ2n) is 5.82. The molecule has 1 fully saturated rings. The van der Waals surface area contributed by atoms with Crippen molar-refractivity contribution in [2.24, 2.45) is 11.8 Å². The molecule has 2 aromatic rings. The Balaban J connectivity index is 1.58. The third-order valence-electron chi connectivity index (χ3n) is 4.29. The molecule has 0 radical (unpaired) electrons. The monoisotopic (exact) mass is 323 g/mol. The minimum absolute atomic E-state index is 0.234. The van der Waals surface area contributed by atoms with E-state index in [0.29, 0.717) is 18.4 Å². The average Bonchev–Trinajstić information content (AvgIpc) is 2.89. The molecule has 1 aliphatic carbocycles. The van der Waals surface area contributed by atoms with Crippen LogP contribution in [0.3, 0.4) is 0 Å². The van der Waals surface area contributed by atoms with E-state index >= 15 is 0 Å². The fourth-order valence-electron chi connectivity index (χ4n) is 3.07. The molecule has 2 aromatic heterocycles. The van der Waals surface area contributed by atoms with Crippen LogP contribution in [0.25, 0.3) is 11.0 Å². The third kappa shape index (κ3) is 3.47. The van der Waals surface area contributed by atoms with E-state index < -0.39 is 6.09 Å². The zero-order valence-electron chi connectivity index (χ0n) is 12.1. The summed E-state index contributed by atoms with van der Waals surface area (Å²) >= 11 is 5.85. The van der Waals surface area contributed by atoms with E-state index in [0.717, 1.165) is 43.3 Å². The predicted octanol–water partition coefficient (Wildman–Crippen LogP) is 2.55. The zero-order valence-corrected chi connectivity index (χ0v) is 12.8. The molecule has 1 aliphatic rings. The number of rotatable bonds is 4. The highest BCUT2D eigenvalue weighted by molar-refractivity contribution is 6.28. The number of carbonyl (C=O) groups is 1. The molecule has 0 unspecified atom stereocenters. The maximum Gasteiger partial charge on any atom is 0.404 e. The Kier molecular flexibility index (Phi) is 4.42. The number of amides is 1. The molecular formula is C14H18ClN5O2. The maximum absolute atomic E-state index is 10.5. The molecule has 118 valence electrons. The van der Waals surface area contributed by atoms with Crippen molar-refractivity contribution < 1.29 is 9.90 Å². The van der Waals surface area contributed by atoms with Gasteiger partial charge in [-0.05, 0) is 49.1 Å². The highest BCUT2D eigenvalue weighted by Gasteiger charge is 2.22. The van der Waals surface area contributed by atoms with Crippen molar-refractivity contribution in [3.05, 3.63) is 17.7 Å². The van der Waals surface area contributed by atoms with Gasteiger partial charge in [0, 0.05) is 19.3 Å². The van der Waals surface area contributed by atoms with Crippen molar-refractivity contribution in [2.45, 2.75) is 32.2 Å². The van der Waals surface area contributed by atoms with Crippen molar-refractivity contribution in [3.63, 3.8) is 0 Å². The minimum Gasteiger partial charge on any atom is -0.465 e. The summed E-state index contributed by atoms with van der Waals surface area (Å²) in [6.07, 6.45) is 6.73. The van der Waals surface area contributed by atoms with Gasteiger partial charge in [0.15, 0.2) is 5.65 Å². The fraction of sp³-hybridized carbons (Fsp3) is 0.571. The molecule has 3 rings (SSSR count). The molecule has 7 nitrogen and oxygen atoms in total. The van der Waals surface area contributed by atoms with Gasteiger partial charge in [0.1, 0.15) is 0 Å². The molecule has 22 heavy (non-hydrogen) atoms. The van der Waals surface area contributed by atoms with Gasteiger partial charge in [-0.1, -0.05) is 0 Å². The van der Waals surface area contributed by atoms with E-state index in [1.165, 1.54) is 0 Å². The smallest absolute Gasteiger partial charge is 0.404 e. The largest absolute Gasteiger partial charge is 0.465 e. The Labute approximate surface area is 132 Å². The summed E-state index contributed by atoms with van der Waals surface area (Å²) in [5, 5.41) is 16.6. The van der Waals surface area contributed by atoms with Crippen molar-refractivity contribution in [1.29, 1.82) is 0 Å². The van der Waals surface area contributed by atoms with Crippen molar-refractivity contribution in [1.82, 2.24) is 25.1 Å². The van der Waals surface area contributed by atoms with E-state index in [1.807, 2.05) is 4.68 Å². The van der Waals surface area contributed by atoms with Gasteiger partial charge in [-0.2, -0.15) is 10.1 Å². The summed E-state index contributed by atoms with van der Waals surface area (Å²) in [7, 11) is 0. The van der Waals surface area contributed by atoms with Crippen LogP contribution >= 0.6 is 11.6 Å². The van der Waals surface area contributed by atoms with Crippen molar-refractivity contribution in [2.75, 3.05) is 6.54 Å². The van der Waals surface area contributed by atoms with Crippen LogP contribution < -0.4 is 5.32 Å². The van der Waals surface area contributed by atoms with Gasteiger partial charge in [-0.15, -0.1) is 0 Å². The SMILES string of the molecule is O=C(O)NC[C@H]1CC[C@H](Cn2ncc3cnc(Cl)nc32)CC1. The van der Waals surface area contributed by atoms with Crippen LogP contribution in [0.4, 0.5) is 4.79 Å². The number of hydrogen-bond donors (Lipinski definition) is 2. The van der Waals surface area contributed by atoms with Crippen molar-refractivity contribution in [3.8, 4) is 0 Å². The van der Waals surface area contributed by atoms with Gasteiger partial charge < -0.3 is 10.4 Å². The van der Waals surface area contributed by atoms with E-state index in [-0.39, 0.29) is 5.28 Å². The Hall–Kier alpha value is -1.89. The Morgan fingerprint density at radius 1 is 1.32 bits per heavy atom. The molecule has 1 amide bonds. The summed E-state index contributed by atoms with van der Waals surface area (Å²) in [5.41, 5.74) is 0.773. The lowest BCUT2D eigenvalue weighted by molar-refractivity contribution is 0.186. The molecule has 2 heterocycles. The fourth-order valence-corrected chi connectivity index (χ4v) is 3.20. The zero-order chi connectivity index (χ0) is 15.5. The van der Waals surface area contributed by atoms with Gasteiger partial charge in [-0.3, -0.25) is 0 Å². The number of fused-ring (bicyclic) bond motifs is 1. The van der Waals surface area contributed by atoms with Gasteiger partial charge in [0.25, 0.3) is 0 Å². The number of nitrogens with one attached hydrogen (secondary N) is 1. The molecule has 0 bridgehead atoms. The highest BCUT2D eigenvalue weighted by Crippen LogP contribution is 2.30. The van der Waals surface area contributed by atoms with Gasteiger partial charge in [0.05, 0.1) is 11.6 Å². The van der Waals surface area contributed by atoms with E-state index in [4.69, 9.17) is 16.7 Å². The lowest BCUT2D eigenvalue weighted by Crippen LogP contribution is -2.30. The Bertz CT molecular complexity index is 666. The quantitative estimate of drug-likeness (QED) is 0.843. The summed E-state index contributed by atoms with van der Waals surface area (Å²) in [5.74, 6) is 0.983. The molecule has 0 spiro atoms. The van der Waals surface area contributed by atoms with Gasteiger partial charge in [-0.25, -0.2) is 14.5 Å². The lowest BCUT2D eigenvalue weighted by Gasteiger charge is -2.28. The number of carboxylic acid groups (broad SMARTS) is 1. The number of nitrogens with zero attached hydrogens (tertiary/aromatic N) is 4. The molecule has 1 saturated carbocycles. The standard InChI is InChI=1S/C14H18ClN5O2/c15-13-16-6-11-7-18-20(12(11)19-13)8-10-3-1-9(2-4-10)5-17-14(21)22/h6-7,9-10,17H,1-5,8H2,(H,21,22)/t9-,10-. The predicted molar refractivity (Wildman–Crippen MR) is 81.8 cm³/mol. The second-order valence-corrected chi connectivity index (χ2v) is 6.16. The summed E-state index contributed by atoms with van der Waals surface area (Å²) < 4.78 is 1.89. The van der Waals surface area contributed by atoms with Crippen LogP contribution in [0.5, 0.6) is 0 Å². The molecular weight excluding hydrogens is 306 g/mol. The van der Waals surface area contributed by atoms with Crippen LogP contribution in [0.1, 0.15) is 25.7 Å². The molecule has 0 atom stereocenters. The summed E-state index contributed by atoms with van der Waals surface area (Å²) in [6, 6.07) is 0. The van der Waals surface area contributed by atoms with E-state index in [2.05, 4.69) is 20.4 Å². The lowest BCUT2D eigenvalue weighted by atomic mass is 9.82. The van der Waals surface area contributed by atoms with E-state index in [1.54, 1.807) is 12.4 Å². The topological polar surface area (TPSA) is 92.9 Å². The number of hydrogen-bond acceptors (Lipinski definition) is 4. The summed E-state index contributed by atoms with van der Waals surface area (Å²) in [4.78, 5) is 18.7. The second kappa shape index (κ2) is 6.48. The molecule has 8 heteroatoms. The first-order valence-electron chi connectivity index (χ1n) is 7.42. The molecule has 0 saturated heterocycles. The molecule has 0 aromatic carbocycles. The first-order chi connectivity index (χ1) is 10.6. The average molecular weight is 324 g/mol. The van der Waals surface area contributed by atoms with E-state index in [9.17, 15) is 4.79 Å². The maximum atomic E-state index is 10.5. The first-order valence-corrected chi connectivity index (χ1v) is 7.80. The Morgan fingerprint density at radius 2 is 2.05 bits per heavy atom. The van der Waals surface area contributed by atoms with Crippen LogP contribution in [-0.2, 0) is 6.54 Å². The van der Waals surface area contributed by atoms with Crippen LogP contribution in [0.2, 0.25) is 5.28 Å². The van der Waals surface area contributed by atoms with Crippen LogP contribution in [0.15, 0.2) is 12.4 Å². The third-order valence-corrected chi connectivity index (χ3v) is 4.47.